The van der Waals surface area contributed by atoms with Crippen molar-refractivity contribution < 1.29 is 0 Å². The Labute approximate surface area is 242 Å². The highest BCUT2D eigenvalue weighted by molar-refractivity contribution is 7.16. The van der Waals surface area contributed by atoms with Crippen LogP contribution in [0.4, 0.5) is 10.8 Å². The highest BCUT2D eigenvalue weighted by atomic mass is 32.1. The van der Waals surface area contributed by atoms with E-state index in [1.54, 1.807) is 5.57 Å². The lowest BCUT2D eigenvalue weighted by Crippen LogP contribution is -2.49. The molecule has 0 amide bonds. The number of nitrogens with zero attached hydrogens (tertiary/aromatic N) is 1. The Morgan fingerprint density at radius 2 is 1.85 bits per heavy atom. The number of hydrogen-bond donors (Lipinski definition) is 1. The summed E-state index contributed by atoms with van der Waals surface area (Å²) >= 11 is 1.91. The lowest BCUT2D eigenvalue weighted by Gasteiger charge is -2.57. The first-order valence-electron chi connectivity index (χ1n) is 16.1. The minimum atomic E-state index is 0.321. The fourth-order valence-electron chi connectivity index (χ4n) is 10.0. The van der Waals surface area contributed by atoms with Crippen LogP contribution < -0.4 is 5.32 Å². The van der Waals surface area contributed by atoms with Gasteiger partial charge < -0.3 is 5.32 Å². The molecule has 4 aliphatic rings. The van der Waals surface area contributed by atoms with Crippen LogP contribution in [-0.4, -0.2) is 4.98 Å². The van der Waals surface area contributed by atoms with Crippen molar-refractivity contribution in [3.05, 3.63) is 46.0 Å². The van der Waals surface area contributed by atoms with Crippen molar-refractivity contribution in [2.24, 2.45) is 46.3 Å². The van der Waals surface area contributed by atoms with Crippen LogP contribution in [0.25, 0.3) is 5.57 Å². The standard InChI is InChI=1S/C36H52N2S/c1-22(2)9-8-10-24(4)27-14-15-28-26-12-13-30-33-32(18-20-36(30,7)29(26)17-19-35(27,28)6)38-34(39-33)37-31-16-11-23(3)21-25(31)5/h11,13,16,21-22,24,26-29H,8-10,12,14-15,17-20H2,1-7H3,(H,37,38). The minimum Gasteiger partial charge on any atom is -0.331 e. The van der Waals surface area contributed by atoms with Crippen molar-refractivity contribution in [1.82, 2.24) is 4.98 Å². The molecule has 0 aliphatic heterocycles. The quantitative estimate of drug-likeness (QED) is 0.375. The molecule has 0 radical (unpaired) electrons. The van der Waals surface area contributed by atoms with E-state index in [0.29, 0.717) is 10.8 Å². The van der Waals surface area contributed by atoms with E-state index in [1.807, 2.05) is 11.3 Å². The first-order chi connectivity index (χ1) is 18.6. The molecule has 39 heavy (non-hydrogen) atoms. The van der Waals surface area contributed by atoms with Gasteiger partial charge in [-0.3, -0.25) is 0 Å². The van der Waals surface area contributed by atoms with Gasteiger partial charge in [-0.05, 0) is 122 Å². The van der Waals surface area contributed by atoms with E-state index in [2.05, 4.69) is 78.1 Å². The molecule has 1 heterocycles. The van der Waals surface area contributed by atoms with E-state index in [-0.39, 0.29) is 0 Å². The van der Waals surface area contributed by atoms with Crippen molar-refractivity contribution in [1.29, 1.82) is 0 Å². The summed E-state index contributed by atoms with van der Waals surface area (Å²) in [5, 5.41) is 4.74. The zero-order valence-electron chi connectivity index (χ0n) is 25.7. The van der Waals surface area contributed by atoms with E-state index < -0.39 is 0 Å². The summed E-state index contributed by atoms with van der Waals surface area (Å²) in [6.45, 7) is 17.1. The van der Waals surface area contributed by atoms with Gasteiger partial charge in [0.1, 0.15) is 0 Å². The number of benzene rings is 1. The molecule has 2 saturated carbocycles. The van der Waals surface area contributed by atoms with Crippen LogP contribution in [0.5, 0.6) is 0 Å². The highest BCUT2D eigenvalue weighted by Crippen LogP contribution is 2.68. The second kappa shape index (κ2) is 10.3. The topological polar surface area (TPSA) is 24.9 Å². The van der Waals surface area contributed by atoms with Gasteiger partial charge in [0.25, 0.3) is 0 Å². The normalized spacial score (nSPS) is 34.1. The molecule has 0 bridgehead atoms. The number of allylic oxidation sites excluding steroid dienone is 2. The maximum Gasteiger partial charge on any atom is 0.187 e. The summed E-state index contributed by atoms with van der Waals surface area (Å²) in [6, 6.07) is 6.66. The predicted molar refractivity (Wildman–Crippen MR) is 169 cm³/mol. The molecule has 2 nitrogen and oxygen atoms in total. The molecule has 0 saturated heterocycles. The van der Waals surface area contributed by atoms with Crippen LogP contribution >= 0.6 is 11.3 Å². The second-order valence-electron chi connectivity index (χ2n) is 14.9. The third kappa shape index (κ3) is 4.73. The Bertz CT molecular complexity index is 1240. The summed E-state index contributed by atoms with van der Waals surface area (Å²) in [7, 11) is 0. The van der Waals surface area contributed by atoms with E-state index in [0.717, 1.165) is 47.1 Å². The number of aryl methyl sites for hydroxylation is 3. The highest BCUT2D eigenvalue weighted by Gasteiger charge is 2.59. The zero-order valence-corrected chi connectivity index (χ0v) is 26.5. The van der Waals surface area contributed by atoms with Crippen molar-refractivity contribution in [3.63, 3.8) is 0 Å². The molecule has 4 aliphatic carbocycles. The Hall–Kier alpha value is -1.61. The van der Waals surface area contributed by atoms with Crippen molar-refractivity contribution in [2.75, 3.05) is 5.32 Å². The van der Waals surface area contributed by atoms with Gasteiger partial charge in [0, 0.05) is 5.69 Å². The Kier molecular flexibility index (Phi) is 7.31. The molecular formula is C36H52N2S. The van der Waals surface area contributed by atoms with Crippen LogP contribution in [-0.2, 0) is 6.42 Å². The van der Waals surface area contributed by atoms with Gasteiger partial charge in [0.2, 0.25) is 0 Å². The number of fused-ring (bicyclic) bond motifs is 7. The number of thiazole rings is 1. The molecule has 1 N–H and O–H groups in total. The monoisotopic (exact) mass is 544 g/mol. The van der Waals surface area contributed by atoms with Crippen LogP contribution in [0.1, 0.15) is 114 Å². The van der Waals surface area contributed by atoms with Gasteiger partial charge in [-0.2, -0.15) is 0 Å². The van der Waals surface area contributed by atoms with Gasteiger partial charge >= 0.3 is 0 Å². The summed E-state index contributed by atoms with van der Waals surface area (Å²) < 4.78 is 0. The smallest absolute Gasteiger partial charge is 0.187 e. The van der Waals surface area contributed by atoms with Gasteiger partial charge in [0.05, 0.1) is 10.6 Å². The molecular weight excluding hydrogens is 492 g/mol. The van der Waals surface area contributed by atoms with E-state index in [9.17, 15) is 0 Å². The van der Waals surface area contributed by atoms with Crippen molar-refractivity contribution in [3.8, 4) is 0 Å². The number of nitrogens with one attached hydrogen (secondary N) is 1. The lowest BCUT2D eigenvalue weighted by molar-refractivity contribution is -0.0392. The maximum atomic E-state index is 5.13. The number of hydrogen-bond acceptors (Lipinski definition) is 3. The van der Waals surface area contributed by atoms with Crippen molar-refractivity contribution >= 4 is 27.7 Å². The van der Waals surface area contributed by atoms with E-state index >= 15 is 0 Å². The van der Waals surface area contributed by atoms with Gasteiger partial charge in [0.15, 0.2) is 5.13 Å². The number of aromatic nitrogens is 1. The molecule has 7 atom stereocenters. The van der Waals surface area contributed by atoms with Crippen LogP contribution in [0.3, 0.4) is 0 Å². The summed E-state index contributed by atoms with van der Waals surface area (Å²) in [5.41, 5.74) is 7.67. The van der Waals surface area contributed by atoms with Crippen LogP contribution in [0, 0.1) is 60.2 Å². The lowest BCUT2D eigenvalue weighted by atomic mass is 9.47. The van der Waals surface area contributed by atoms with Crippen molar-refractivity contribution in [2.45, 2.75) is 113 Å². The molecule has 6 rings (SSSR count). The third-order valence-corrected chi connectivity index (χ3v) is 13.2. The molecule has 0 spiro atoms. The summed E-state index contributed by atoms with van der Waals surface area (Å²) in [6.07, 6.45) is 16.5. The van der Waals surface area contributed by atoms with Gasteiger partial charge in [-0.1, -0.05) is 89.0 Å². The van der Waals surface area contributed by atoms with Gasteiger partial charge in [-0.25, -0.2) is 4.98 Å². The third-order valence-electron chi connectivity index (χ3n) is 12.1. The van der Waals surface area contributed by atoms with Crippen LogP contribution in [0.15, 0.2) is 24.3 Å². The average Bonchev–Trinajstić information content (AvgIpc) is 3.45. The fourth-order valence-corrected chi connectivity index (χ4v) is 11.2. The maximum absolute atomic E-state index is 5.13. The van der Waals surface area contributed by atoms with E-state index in [4.69, 9.17) is 4.98 Å². The first-order valence-corrected chi connectivity index (χ1v) is 17.0. The predicted octanol–water partition coefficient (Wildman–Crippen LogP) is 10.8. The molecule has 212 valence electrons. The molecule has 2 fully saturated rings. The molecule has 1 aromatic heterocycles. The Morgan fingerprint density at radius 3 is 2.62 bits per heavy atom. The van der Waals surface area contributed by atoms with Crippen LogP contribution in [0.2, 0.25) is 0 Å². The largest absolute Gasteiger partial charge is 0.331 e. The Balaban J connectivity index is 1.22. The minimum absolute atomic E-state index is 0.321. The SMILES string of the molecule is Cc1ccc(Nc2nc3c(s2)C2=CCC4C(CCC5(C)C(C(C)CCCC(C)C)CCC45)C2(C)CC3)c(C)c1. The zero-order chi connectivity index (χ0) is 27.5. The summed E-state index contributed by atoms with van der Waals surface area (Å²) in [5.74, 6) is 5.32. The molecule has 2 aromatic rings. The first kappa shape index (κ1) is 27.6. The average molecular weight is 545 g/mol. The number of anilines is 2. The van der Waals surface area contributed by atoms with Gasteiger partial charge in [-0.15, -0.1) is 0 Å². The molecule has 3 heteroatoms. The fraction of sp³-hybridized carbons (Fsp3) is 0.694. The summed E-state index contributed by atoms with van der Waals surface area (Å²) in [4.78, 5) is 6.62. The number of rotatable bonds is 7. The Morgan fingerprint density at radius 1 is 1.03 bits per heavy atom. The molecule has 1 aromatic carbocycles. The second-order valence-corrected chi connectivity index (χ2v) is 15.9. The molecule has 7 unspecified atom stereocenters. The van der Waals surface area contributed by atoms with E-state index in [1.165, 1.54) is 85.2 Å².